The zero-order valence-corrected chi connectivity index (χ0v) is 7.50. The Balaban J connectivity index is 1.96. The molecule has 0 saturated heterocycles. The minimum atomic E-state index is 0.465. The lowest BCUT2D eigenvalue weighted by molar-refractivity contribution is 0.292. The Bertz CT molecular complexity index is 338. The zero-order chi connectivity index (χ0) is 9.64. The molecule has 0 aromatic carbocycles. The van der Waals surface area contributed by atoms with Gasteiger partial charge in [-0.05, 0) is 6.07 Å². The van der Waals surface area contributed by atoms with Crippen LogP contribution in [0.25, 0.3) is 0 Å². The maximum absolute atomic E-state index is 5.38. The average Bonchev–Trinajstić information content (AvgIpc) is 2.29. The van der Waals surface area contributed by atoms with Gasteiger partial charge in [0.15, 0.2) is 0 Å². The van der Waals surface area contributed by atoms with Crippen molar-refractivity contribution in [2.45, 2.75) is 6.61 Å². The van der Waals surface area contributed by atoms with Gasteiger partial charge in [-0.3, -0.25) is 9.97 Å². The molecule has 0 unspecified atom stereocenters. The summed E-state index contributed by atoms with van der Waals surface area (Å²) in [6, 6.07) is 3.82. The summed E-state index contributed by atoms with van der Waals surface area (Å²) < 4.78 is 5.38. The molecule has 2 rings (SSSR count). The number of hydrogen-bond acceptors (Lipinski definition) is 4. The lowest BCUT2D eigenvalue weighted by Gasteiger charge is -2.02. The molecule has 0 aliphatic heterocycles. The second kappa shape index (κ2) is 4.32. The number of aromatic nitrogens is 3. The Morgan fingerprint density at radius 3 is 2.71 bits per heavy atom. The van der Waals surface area contributed by atoms with Crippen LogP contribution in [0.15, 0.2) is 43.1 Å². The van der Waals surface area contributed by atoms with Crippen LogP contribution in [0.4, 0.5) is 0 Å². The molecule has 0 bridgehead atoms. The predicted octanol–water partition coefficient (Wildman–Crippen LogP) is 1.45. The first kappa shape index (κ1) is 8.62. The van der Waals surface area contributed by atoms with Gasteiger partial charge in [-0.2, -0.15) is 0 Å². The van der Waals surface area contributed by atoms with E-state index in [9.17, 15) is 0 Å². The van der Waals surface area contributed by atoms with E-state index in [2.05, 4.69) is 15.0 Å². The fourth-order valence-electron chi connectivity index (χ4n) is 1.00. The van der Waals surface area contributed by atoms with E-state index in [4.69, 9.17) is 4.74 Å². The van der Waals surface area contributed by atoms with Crippen molar-refractivity contribution in [3.63, 3.8) is 0 Å². The normalized spacial score (nSPS) is 9.71. The lowest BCUT2D eigenvalue weighted by Crippen LogP contribution is -1.97. The molecule has 0 aliphatic rings. The first-order valence-electron chi connectivity index (χ1n) is 4.23. The summed E-state index contributed by atoms with van der Waals surface area (Å²) in [5.41, 5.74) is 1.01. The summed E-state index contributed by atoms with van der Waals surface area (Å²) >= 11 is 0. The van der Waals surface area contributed by atoms with Crippen LogP contribution >= 0.6 is 0 Å². The highest BCUT2D eigenvalue weighted by molar-refractivity contribution is 5.09. The topological polar surface area (TPSA) is 47.9 Å². The van der Waals surface area contributed by atoms with Crippen LogP contribution in [-0.4, -0.2) is 15.0 Å². The largest absolute Gasteiger partial charge is 0.472 e. The van der Waals surface area contributed by atoms with Crippen LogP contribution in [0.2, 0.25) is 0 Å². The van der Waals surface area contributed by atoms with E-state index in [1.807, 2.05) is 12.1 Å². The Kier molecular flexibility index (Phi) is 2.66. The van der Waals surface area contributed by atoms with Crippen LogP contribution in [0.5, 0.6) is 5.88 Å². The Hall–Kier alpha value is -1.97. The molecule has 70 valence electrons. The van der Waals surface area contributed by atoms with Gasteiger partial charge >= 0.3 is 0 Å². The minimum absolute atomic E-state index is 0.465. The van der Waals surface area contributed by atoms with Crippen molar-refractivity contribution in [3.8, 4) is 5.88 Å². The summed E-state index contributed by atoms with van der Waals surface area (Å²) in [5.74, 6) is 0.524. The van der Waals surface area contributed by atoms with Gasteiger partial charge in [-0.15, -0.1) is 0 Å². The molecule has 0 atom stereocenters. The summed E-state index contributed by atoms with van der Waals surface area (Å²) in [5, 5.41) is 0. The number of ether oxygens (including phenoxy) is 1. The van der Waals surface area contributed by atoms with Crippen molar-refractivity contribution >= 4 is 0 Å². The molecular weight excluding hydrogens is 178 g/mol. The van der Waals surface area contributed by atoms with Gasteiger partial charge < -0.3 is 4.74 Å². The molecule has 0 saturated carbocycles. The molecule has 2 aromatic rings. The molecular formula is C10H9N3O. The van der Waals surface area contributed by atoms with Gasteiger partial charge in [-0.25, -0.2) is 4.98 Å². The highest BCUT2D eigenvalue weighted by Gasteiger charge is 1.95. The molecule has 0 aliphatic carbocycles. The van der Waals surface area contributed by atoms with E-state index >= 15 is 0 Å². The number of nitrogens with zero attached hydrogens (tertiary/aromatic N) is 3. The first-order valence-corrected chi connectivity index (χ1v) is 4.23. The van der Waals surface area contributed by atoms with E-state index in [0.29, 0.717) is 12.5 Å². The van der Waals surface area contributed by atoms with Gasteiger partial charge in [0.25, 0.3) is 0 Å². The fourth-order valence-corrected chi connectivity index (χ4v) is 1.00. The predicted molar refractivity (Wildman–Crippen MR) is 50.6 cm³/mol. The molecule has 2 aromatic heterocycles. The highest BCUT2D eigenvalue weighted by atomic mass is 16.5. The molecule has 2 heterocycles. The van der Waals surface area contributed by atoms with Crippen molar-refractivity contribution in [2.24, 2.45) is 0 Å². The van der Waals surface area contributed by atoms with Crippen molar-refractivity contribution < 1.29 is 4.74 Å². The third kappa shape index (κ3) is 2.26. The van der Waals surface area contributed by atoms with Crippen molar-refractivity contribution in [3.05, 3.63) is 48.7 Å². The SMILES string of the molecule is c1cncc(COc2cnccn2)c1. The summed E-state index contributed by atoms with van der Waals surface area (Å²) in [6.45, 7) is 0.465. The highest BCUT2D eigenvalue weighted by Crippen LogP contribution is 2.05. The maximum Gasteiger partial charge on any atom is 0.232 e. The second-order valence-electron chi connectivity index (χ2n) is 2.69. The summed E-state index contributed by atoms with van der Waals surface area (Å²) in [4.78, 5) is 11.9. The Morgan fingerprint density at radius 1 is 1.07 bits per heavy atom. The van der Waals surface area contributed by atoms with Gasteiger partial charge in [0.05, 0.1) is 6.20 Å². The van der Waals surface area contributed by atoms with Crippen molar-refractivity contribution in [1.82, 2.24) is 15.0 Å². The Morgan fingerprint density at radius 2 is 2.00 bits per heavy atom. The summed E-state index contributed by atoms with van der Waals surface area (Å²) in [7, 11) is 0. The van der Waals surface area contributed by atoms with E-state index < -0.39 is 0 Å². The second-order valence-corrected chi connectivity index (χ2v) is 2.69. The molecule has 14 heavy (non-hydrogen) atoms. The monoisotopic (exact) mass is 187 g/mol. The van der Waals surface area contributed by atoms with Gasteiger partial charge in [0.2, 0.25) is 5.88 Å². The van der Waals surface area contributed by atoms with E-state index in [0.717, 1.165) is 5.56 Å². The molecule has 4 heteroatoms. The smallest absolute Gasteiger partial charge is 0.232 e. The number of rotatable bonds is 3. The van der Waals surface area contributed by atoms with E-state index in [1.54, 1.807) is 31.0 Å². The van der Waals surface area contributed by atoms with Crippen LogP contribution in [0, 0.1) is 0 Å². The van der Waals surface area contributed by atoms with Gasteiger partial charge in [0.1, 0.15) is 6.61 Å². The fraction of sp³-hybridized carbons (Fsp3) is 0.100. The van der Waals surface area contributed by atoms with Crippen LogP contribution in [0.3, 0.4) is 0 Å². The first-order chi connectivity index (χ1) is 6.95. The Labute approximate surface area is 81.6 Å². The molecule has 0 radical (unpaired) electrons. The van der Waals surface area contributed by atoms with Crippen LogP contribution < -0.4 is 4.74 Å². The van der Waals surface area contributed by atoms with Crippen LogP contribution in [0.1, 0.15) is 5.56 Å². The van der Waals surface area contributed by atoms with Gasteiger partial charge in [-0.1, -0.05) is 6.07 Å². The molecule has 0 amide bonds. The average molecular weight is 187 g/mol. The maximum atomic E-state index is 5.38. The van der Waals surface area contributed by atoms with E-state index in [-0.39, 0.29) is 0 Å². The standard InChI is InChI=1S/C10H9N3O/c1-2-9(6-11-3-1)8-14-10-7-12-4-5-13-10/h1-7H,8H2. The number of hydrogen-bond donors (Lipinski definition) is 0. The van der Waals surface area contributed by atoms with Gasteiger partial charge in [0, 0.05) is 30.4 Å². The summed E-state index contributed by atoms with van der Waals surface area (Å²) in [6.07, 6.45) is 8.27. The molecule has 0 spiro atoms. The molecule has 0 fully saturated rings. The third-order valence-corrected chi connectivity index (χ3v) is 1.65. The third-order valence-electron chi connectivity index (χ3n) is 1.65. The molecule has 0 N–H and O–H groups in total. The lowest BCUT2D eigenvalue weighted by atomic mass is 10.3. The van der Waals surface area contributed by atoms with Crippen molar-refractivity contribution in [1.29, 1.82) is 0 Å². The zero-order valence-electron chi connectivity index (χ0n) is 7.50. The van der Waals surface area contributed by atoms with Crippen molar-refractivity contribution in [2.75, 3.05) is 0 Å². The minimum Gasteiger partial charge on any atom is -0.472 e. The number of pyridine rings is 1. The quantitative estimate of drug-likeness (QED) is 0.729. The van der Waals surface area contributed by atoms with Crippen LogP contribution in [-0.2, 0) is 6.61 Å². The molecule has 4 nitrogen and oxygen atoms in total. The van der Waals surface area contributed by atoms with E-state index in [1.165, 1.54) is 0 Å².